The van der Waals surface area contributed by atoms with Gasteiger partial charge in [0.15, 0.2) is 9.84 Å². The molecule has 0 saturated heterocycles. The van der Waals surface area contributed by atoms with Gasteiger partial charge in [-0.15, -0.1) is 0 Å². The Morgan fingerprint density at radius 3 is 2.25 bits per heavy atom. The van der Waals surface area contributed by atoms with E-state index in [1.807, 2.05) is 5.32 Å². The van der Waals surface area contributed by atoms with Gasteiger partial charge in [0.25, 0.3) is 0 Å². The first-order valence-corrected chi connectivity index (χ1v) is 7.82. The lowest BCUT2D eigenvalue weighted by atomic mass is 10.2. The maximum Gasteiger partial charge on any atom is 0.408 e. The highest BCUT2D eigenvalue weighted by atomic mass is 32.2. The molecule has 0 rings (SSSR count). The number of nitrogens with one attached hydrogen (secondary N) is 1. The number of amides is 1. The SMILES string of the molecule is CC(C)(C)OC(=O)N[C@@H](CS(=O)(=O)CCCO)C(=O)O. The summed E-state index contributed by atoms with van der Waals surface area (Å²) in [5.74, 6) is -2.56. The summed E-state index contributed by atoms with van der Waals surface area (Å²) in [6.07, 6.45) is -0.983. The van der Waals surface area contributed by atoms with Crippen molar-refractivity contribution in [3.63, 3.8) is 0 Å². The van der Waals surface area contributed by atoms with E-state index >= 15 is 0 Å². The Balaban J connectivity index is 4.67. The van der Waals surface area contributed by atoms with Crippen molar-refractivity contribution < 1.29 is 33.0 Å². The van der Waals surface area contributed by atoms with Crippen LogP contribution in [0.5, 0.6) is 0 Å². The van der Waals surface area contributed by atoms with Crippen molar-refractivity contribution in [3.8, 4) is 0 Å². The quantitative estimate of drug-likeness (QED) is 0.591. The molecule has 0 aliphatic rings. The van der Waals surface area contributed by atoms with E-state index < -0.39 is 39.3 Å². The van der Waals surface area contributed by atoms with E-state index in [-0.39, 0.29) is 18.8 Å². The minimum atomic E-state index is -3.69. The first-order valence-electron chi connectivity index (χ1n) is 6.00. The number of aliphatic carboxylic acids is 1. The fourth-order valence-electron chi connectivity index (χ4n) is 1.25. The van der Waals surface area contributed by atoms with Gasteiger partial charge in [-0.05, 0) is 27.2 Å². The zero-order valence-corrected chi connectivity index (χ0v) is 12.6. The van der Waals surface area contributed by atoms with Crippen LogP contribution in [0.15, 0.2) is 0 Å². The Bertz CT molecular complexity index is 438. The van der Waals surface area contributed by atoms with E-state index in [4.69, 9.17) is 14.9 Å². The summed E-state index contributed by atoms with van der Waals surface area (Å²) in [5, 5.41) is 19.5. The maximum absolute atomic E-state index is 11.6. The number of carbonyl (C=O) groups is 2. The van der Waals surface area contributed by atoms with E-state index in [9.17, 15) is 18.0 Å². The molecule has 1 amide bonds. The van der Waals surface area contributed by atoms with Gasteiger partial charge in [0.05, 0.1) is 11.5 Å². The molecule has 3 N–H and O–H groups in total. The van der Waals surface area contributed by atoms with Crippen LogP contribution in [0, 0.1) is 0 Å². The second-order valence-corrected chi connectivity index (χ2v) is 7.46. The molecule has 0 aliphatic carbocycles. The monoisotopic (exact) mass is 311 g/mol. The summed E-state index contributed by atoms with van der Waals surface area (Å²) >= 11 is 0. The maximum atomic E-state index is 11.6. The lowest BCUT2D eigenvalue weighted by molar-refractivity contribution is -0.138. The highest BCUT2D eigenvalue weighted by molar-refractivity contribution is 7.91. The molecule has 0 unspecified atom stereocenters. The smallest absolute Gasteiger partial charge is 0.408 e. The van der Waals surface area contributed by atoms with Crippen molar-refractivity contribution in [3.05, 3.63) is 0 Å². The van der Waals surface area contributed by atoms with E-state index in [1.54, 1.807) is 20.8 Å². The van der Waals surface area contributed by atoms with Gasteiger partial charge in [0, 0.05) is 6.61 Å². The number of aliphatic hydroxyl groups is 1. The number of hydrogen-bond donors (Lipinski definition) is 3. The molecule has 0 aliphatic heterocycles. The van der Waals surface area contributed by atoms with Crippen molar-refractivity contribution in [1.29, 1.82) is 0 Å². The number of carboxylic acid groups (broad SMARTS) is 1. The van der Waals surface area contributed by atoms with Crippen LogP contribution in [0.4, 0.5) is 4.79 Å². The van der Waals surface area contributed by atoms with Crippen molar-refractivity contribution in [1.82, 2.24) is 5.32 Å². The van der Waals surface area contributed by atoms with Gasteiger partial charge < -0.3 is 20.3 Å². The van der Waals surface area contributed by atoms with Gasteiger partial charge in [0.2, 0.25) is 0 Å². The van der Waals surface area contributed by atoms with Crippen LogP contribution in [0.1, 0.15) is 27.2 Å². The lowest BCUT2D eigenvalue weighted by Gasteiger charge is -2.21. The molecule has 0 heterocycles. The minimum absolute atomic E-state index is 0.0150. The van der Waals surface area contributed by atoms with E-state index in [0.29, 0.717) is 0 Å². The molecule has 1 atom stereocenters. The Kier molecular flexibility index (Phi) is 6.94. The van der Waals surface area contributed by atoms with Crippen molar-refractivity contribution in [2.75, 3.05) is 18.1 Å². The van der Waals surface area contributed by atoms with E-state index in [0.717, 1.165) is 0 Å². The molecule has 0 aromatic heterocycles. The molecule has 9 heteroatoms. The predicted octanol–water partition coefficient (Wildman–Crippen LogP) is -0.238. The molecular formula is C11H21NO7S. The molecule has 8 nitrogen and oxygen atoms in total. The fourth-order valence-corrected chi connectivity index (χ4v) is 2.72. The average Bonchev–Trinajstić information content (AvgIpc) is 2.22. The number of aliphatic hydroxyl groups excluding tert-OH is 1. The van der Waals surface area contributed by atoms with Gasteiger partial charge in [-0.3, -0.25) is 0 Å². The van der Waals surface area contributed by atoms with Gasteiger partial charge >= 0.3 is 12.1 Å². The van der Waals surface area contributed by atoms with Crippen LogP contribution in [0.3, 0.4) is 0 Å². The summed E-state index contributed by atoms with van der Waals surface area (Å²) in [6.45, 7) is 4.48. The number of ether oxygens (including phenoxy) is 1. The Hall–Kier alpha value is -1.35. The van der Waals surface area contributed by atoms with Crippen LogP contribution < -0.4 is 5.32 Å². The van der Waals surface area contributed by atoms with Gasteiger partial charge in [-0.1, -0.05) is 0 Å². The molecule has 20 heavy (non-hydrogen) atoms. The molecular weight excluding hydrogens is 290 g/mol. The molecule has 0 aromatic rings. The zero-order valence-electron chi connectivity index (χ0n) is 11.7. The lowest BCUT2D eigenvalue weighted by Crippen LogP contribution is -2.47. The average molecular weight is 311 g/mol. The molecule has 0 spiro atoms. The number of rotatable bonds is 7. The standard InChI is InChI=1S/C11H21NO7S/c1-11(2,3)19-10(16)12-8(9(14)15)7-20(17,18)6-4-5-13/h8,13H,4-7H2,1-3H3,(H,12,16)(H,14,15)/t8-/m0/s1. The first kappa shape index (κ1) is 18.7. The van der Waals surface area contributed by atoms with E-state index in [2.05, 4.69) is 0 Å². The van der Waals surface area contributed by atoms with Crippen molar-refractivity contribution >= 4 is 21.9 Å². The van der Waals surface area contributed by atoms with Crippen LogP contribution >= 0.6 is 0 Å². The summed E-state index contributed by atoms with van der Waals surface area (Å²) in [4.78, 5) is 22.4. The van der Waals surface area contributed by atoms with Crippen LogP contribution in [0.2, 0.25) is 0 Å². The topological polar surface area (TPSA) is 130 Å². The van der Waals surface area contributed by atoms with Crippen LogP contribution in [-0.4, -0.2) is 60.4 Å². The normalized spacial score (nSPS) is 13.6. The third-order valence-corrected chi connectivity index (χ3v) is 3.78. The van der Waals surface area contributed by atoms with Crippen LogP contribution in [0.25, 0.3) is 0 Å². The summed E-state index contributed by atoms with van der Waals surface area (Å²) in [5.41, 5.74) is -0.817. The van der Waals surface area contributed by atoms with Gasteiger partial charge in [0.1, 0.15) is 11.6 Å². The largest absolute Gasteiger partial charge is 0.480 e. The summed E-state index contributed by atoms with van der Waals surface area (Å²) in [6, 6.07) is -1.59. The number of hydrogen-bond acceptors (Lipinski definition) is 6. The minimum Gasteiger partial charge on any atom is -0.480 e. The summed E-state index contributed by atoms with van der Waals surface area (Å²) < 4.78 is 28.1. The summed E-state index contributed by atoms with van der Waals surface area (Å²) in [7, 11) is -3.69. The second kappa shape index (κ2) is 7.44. The molecule has 0 bridgehead atoms. The highest BCUT2D eigenvalue weighted by Crippen LogP contribution is 2.07. The number of carboxylic acids is 1. The highest BCUT2D eigenvalue weighted by Gasteiger charge is 2.28. The Morgan fingerprint density at radius 1 is 1.30 bits per heavy atom. The van der Waals surface area contributed by atoms with Gasteiger partial charge in [-0.2, -0.15) is 0 Å². The number of carbonyl (C=O) groups excluding carboxylic acids is 1. The second-order valence-electron chi connectivity index (χ2n) is 5.23. The van der Waals surface area contributed by atoms with Gasteiger partial charge in [-0.25, -0.2) is 18.0 Å². The molecule has 0 fully saturated rings. The fraction of sp³-hybridized carbons (Fsp3) is 0.818. The predicted molar refractivity (Wildman–Crippen MR) is 71.2 cm³/mol. The third kappa shape index (κ3) is 8.70. The number of alkyl carbamates (subject to hydrolysis) is 1. The molecule has 118 valence electrons. The molecule has 0 saturated carbocycles. The Labute approximate surface area is 118 Å². The third-order valence-electron chi connectivity index (χ3n) is 2.02. The molecule has 0 radical (unpaired) electrons. The van der Waals surface area contributed by atoms with Crippen molar-refractivity contribution in [2.24, 2.45) is 0 Å². The van der Waals surface area contributed by atoms with Crippen LogP contribution in [-0.2, 0) is 19.4 Å². The zero-order chi connectivity index (χ0) is 16.0. The van der Waals surface area contributed by atoms with Crippen molar-refractivity contribution in [2.45, 2.75) is 38.8 Å². The van der Waals surface area contributed by atoms with E-state index in [1.165, 1.54) is 0 Å². The first-order chi connectivity index (χ1) is 8.97. The molecule has 0 aromatic carbocycles. The number of sulfone groups is 1. The Morgan fingerprint density at radius 2 is 1.85 bits per heavy atom.